The second-order valence-corrected chi connectivity index (χ2v) is 10.0. The summed E-state index contributed by atoms with van der Waals surface area (Å²) in [5.74, 6) is -1.62. The largest absolute Gasteiger partial charge is 0.458 e. The van der Waals surface area contributed by atoms with Gasteiger partial charge in [-0.05, 0) is 63.1 Å². The van der Waals surface area contributed by atoms with Crippen LogP contribution in [-0.4, -0.2) is 23.9 Å². The summed E-state index contributed by atoms with van der Waals surface area (Å²) in [6, 6.07) is 9.92. The predicted molar refractivity (Wildman–Crippen MR) is 185 cm³/mol. The molecule has 0 aliphatic rings. The van der Waals surface area contributed by atoms with E-state index < -0.39 is 23.9 Å². The standard InChI is InChI=1S/C38H36O12/c1-25(2)35(39)47-19-15-43-31-13-11-29(23-33(31)45-17-21-49-37(41)27(5)6)9-10-30-12-14-32(44-16-20-48-36(40)26(3)4)34(24-30)46-18-22-50-38(42)28(7)8/h9-24H,1,3,5,7H2,2,4,6,8H3/b10-9+,19-15+,20-16+,21-17+,22-18+. The molecule has 0 saturated carbocycles. The molecule has 50 heavy (non-hydrogen) atoms. The summed E-state index contributed by atoms with van der Waals surface area (Å²) < 4.78 is 42.0. The Morgan fingerprint density at radius 1 is 0.420 bits per heavy atom. The Hall–Kier alpha value is -6.82. The fourth-order valence-electron chi connectivity index (χ4n) is 2.99. The molecule has 0 aromatic heterocycles. The first kappa shape index (κ1) is 39.4. The van der Waals surface area contributed by atoms with Crippen molar-refractivity contribution in [3.8, 4) is 23.0 Å². The molecular formula is C38H36O12. The molecule has 0 radical (unpaired) electrons. The van der Waals surface area contributed by atoms with Gasteiger partial charge in [0.2, 0.25) is 0 Å². The normalized spacial score (nSPS) is 11.0. The summed E-state index contributed by atoms with van der Waals surface area (Å²) in [4.78, 5) is 46.6. The van der Waals surface area contributed by atoms with E-state index in [-0.39, 0.29) is 45.3 Å². The first-order valence-corrected chi connectivity index (χ1v) is 14.5. The van der Waals surface area contributed by atoms with E-state index in [1.807, 2.05) is 0 Å². The predicted octanol–water partition coefficient (Wildman–Crippen LogP) is 7.73. The summed E-state index contributed by atoms with van der Waals surface area (Å²) in [5.41, 5.74) is 2.16. The summed E-state index contributed by atoms with van der Waals surface area (Å²) in [6.07, 6.45) is 12.3. The van der Waals surface area contributed by atoms with Gasteiger partial charge >= 0.3 is 23.9 Å². The van der Waals surface area contributed by atoms with E-state index in [4.69, 9.17) is 37.9 Å². The third-order valence-electron chi connectivity index (χ3n) is 5.50. The van der Waals surface area contributed by atoms with E-state index in [0.29, 0.717) is 11.1 Å². The Morgan fingerprint density at radius 2 is 0.680 bits per heavy atom. The van der Waals surface area contributed by atoms with Crippen molar-refractivity contribution < 1.29 is 57.1 Å². The van der Waals surface area contributed by atoms with Gasteiger partial charge in [-0.2, -0.15) is 0 Å². The zero-order valence-corrected chi connectivity index (χ0v) is 28.0. The van der Waals surface area contributed by atoms with Gasteiger partial charge in [0.15, 0.2) is 23.0 Å². The minimum absolute atomic E-state index is 0.205. The van der Waals surface area contributed by atoms with Crippen molar-refractivity contribution in [1.29, 1.82) is 0 Å². The van der Waals surface area contributed by atoms with Gasteiger partial charge in [-0.3, -0.25) is 0 Å². The van der Waals surface area contributed by atoms with E-state index in [1.54, 1.807) is 48.6 Å². The maximum absolute atomic E-state index is 11.7. The number of esters is 4. The van der Waals surface area contributed by atoms with Gasteiger partial charge in [-0.15, -0.1) is 0 Å². The van der Waals surface area contributed by atoms with Crippen LogP contribution in [0.5, 0.6) is 23.0 Å². The number of rotatable bonds is 18. The Morgan fingerprint density at radius 3 is 0.940 bits per heavy atom. The summed E-state index contributed by atoms with van der Waals surface area (Å²) >= 11 is 0. The van der Waals surface area contributed by atoms with Gasteiger partial charge in [-0.1, -0.05) is 50.6 Å². The lowest BCUT2D eigenvalue weighted by Gasteiger charge is -2.10. The van der Waals surface area contributed by atoms with E-state index in [1.165, 1.54) is 27.7 Å². The molecule has 2 aromatic carbocycles. The molecule has 0 spiro atoms. The van der Waals surface area contributed by atoms with Crippen molar-refractivity contribution in [1.82, 2.24) is 0 Å². The van der Waals surface area contributed by atoms with Crippen molar-refractivity contribution in [3.05, 3.63) is 146 Å². The zero-order valence-electron chi connectivity index (χ0n) is 28.0. The molecule has 0 fully saturated rings. The van der Waals surface area contributed by atoms with Crippen LogP contribution in [0.1, 0.15) is 38.8 Å². The average Bonchev–Trinajstić information content (AvgIpc) is 3.08. The van der Waals surface area contributed by atoms with Gasteiger partial charge in [0, 0.05) is 22.3 Å². The van der Waals surface area contributed by atoms with E-state index in [9.17, 15) is 19.2 Å². The number of carbonyl (C=O) groups excluding carboxylic acids is 4. The quantitative estimate of drug-likeness (QED) is 0.0498. The van der Waals surface area contributed by atoms with Crippen LogP contribution < -0.4 is 18.9 Å². The highest BCUT2D eigenvalue weighted by Gasteiger charge is 2.09. The van der Waals surface area contributed by atoms with Crippen LogP contribution in [0.15, 0.2) is 135 Å². The summed E-state index contributed by atoms with van der Waals surface area (Å²) in [7, 11) is 0. The molecule has 0 unspecified atom stereocenters. The van der Waals surface area contributed by atoms with Crippen molar-refractivity contribution >= 4 is 36.0 Å². The van der Waals surface area contributed by atoms with Gasteiger partial charge in [-0.25, -0.2) is 19.2 Å². The molecule has 0 amide bonds. The van der Waals surface area contributed by atoms with Gasteiger partial charge in [0.05, 0.1) is 0 Å². The highest BCUT2D eigenvalue weighted by Crippen LogP contribution is 2.32. The number of ether oxygens (including phenoxy) is 8. The topological polar surface area (TPSA) is 142 Å². The van der Waals surface area contributed by atoms with Gasteiger partial charge < -0.3 is 37.9 Å². The smallest absolute Gasteiger partial charge is 0.338 e. The maximum atomic E-state index is 11.7. The zero-order chi connectivity index (χ0) is 37.1. The molecule has 0 heterocycles. The van der Waals surface area contributed by atoms with Crippen LogP contribution >= 0.6 is 0 Å². The fourth-order valence-corrected chi connectivity index (χ4v) is 2.99. The Labute approximate surface area is 289 Å². The van der Waals surface area contributed by atoms with Crippen molar-refractivity contribution in [2.24, 2.45) is 0 Å². The lowest BCUT2D eigenvalue weighted by molar-refractivity contribution is -0.134. The highest BCUT2D eigenvalue weighted by molar-refractivity contribution is 5.88. The molecule has 260 valence electrons. The number of hydrogen-bond acceptors (Lipinski definition) is 12. The van der Waals surface area contributed by atoms with E-state index in [2.05, 4.69) is 26.3 Å². The molecule has 0 aliphatic heterocycles. The second kappa shape index (κ2) is 20.4. The molecular weight excluding hydrogens is 648 g/mol. The molecule has 0 saturated heterocycles. The average molecular weight is 685 g/mol. The fraction of sp³-hybridized carbons (Fsp3) is 0.105. The van der Waals surface area contributed by atoms with Gasteiger partial charge in [0.25, 0.3) is 0 Å². The Bertz CT molecular complexity index is 1660. The molecule has 12 nitrogen and oxygen atoms in total. The molecule has 2 aromatic rings. The van der Waals surface area contributed by atoms with Crippen LogP contribution in [0, 0.1) is 0 Å². The van der Waals surface area contributed by atoms with Crippen LogP contribution in [0.2, 0.25) is 0 Å². The third-order valence-corrected chi connectivity index (χ3v) is 5.50. The molecule has 0 N–H and O–H groups in total. The minimum atomic E-state index is -0.634. The lowest BCUT2D eigenvalue weighted by Crippen LogP contribution is -2.00. The van der Waals surface area contributed by atoms with E-state index in [0.717, 1.165) is 50.1 Å². The van der Waals surface area contributed by atoms with Crippen LogP contribution in [0.25, 0.3) is 12.2 Å². The van der Waals surface area contributed by atoms with Crippen molar-refractivity contribution in [3.63, 3.8) is 0 Å². The van der Waals surface area contributed by atoms with Crippen molar-refractivity contribution in [2.45, 2.75) is 27.7 Å². The van der Waals surface area contributed by atoms with Crippen LogP contribution in [-0.2, 0) is 38.1 Å². The molecule has 12 heteroatoms. The second-order valence-electron chi connectivity index (χ2n) is 10.0. The number of carbonyl (C=O) groups is 4. The van der Waals surface area contributed by atoms with Crippen LogP contribution in [0.3, 0.4) is 0 Å². The number of hydrogen-bond donors (Lipinski definition) is 0. The Balaban J connectivity index is 2.34. The lowest BCUT2D eigenvalue weighted by atomic mass is 10.1. The third kappa shape index (κ3) is 14.3. The summed E-state index contributed by atoms with van der Waals surface area (Å²) in [6.45, 7) is 20.0. The summed E-state index contributed by atoms with van der Waals surface area (Å²) in [5, 5.41) is 0. The first-order chi connectivity index (χ1) is 23.8. The molecule has 0 atom stereocenters. The molecule has 0 aliphatic carbocycles. The van der Waals surface area contributed by atoms with Crippen LogP contribution in [0.4, 0.5) is 0 Å². The minimum Gasteiger partial charge on any atom is -0.458 e. The van der Waals surface area contributed by atoms with Crippen molar-refractivity contribution in [2.75, 3.05) is 0 Å². The van der Waals surface area contributed by atoms with Gasteiger partial charge in [0.1, 0.15) is 50.1 Å². The first-order valence-electron chi connectivity index (χ1n) is 14.5. The molecule has 2 rings (SSSR count). The highest BCUT2D eigenvalue weighted by atomic mass is 16.6. The monoisotopic (exact) mass is 684 g/mol. The Kier molecular flexibility index (Phi) is 16.1. The maximum Gasteiger partial charge on any atom is 0.338 e. The SMILES string of the molecule is C=C(C)C(=O)O/C=C/Oc1ccc(/C=C/c2ccc(O/C=C/OC(=O)C(=C)C)c(O/C=C/OC(=O)C(=C)C)c2)cc1O/C=C/OC(=O)C(=C)C. The number of benzene rings is 2. The molecule has 0 bridgehead atoms. The van der Waals surface area contributed by atoms with E-state index >= 15 is 0 Å².